The molecule has 30 aromatic rings. The van der Waals surface area contributed by atoms with E-state index in [0.717, 1.165) is 145 Å². The fourth-order valence-corrected chi connectivity index (χ4v) is 24.2. The molecule has 0 atom stereocenters. The van der Waals surface area contributed by atoms with E-state index in [9.17, 15) is 0 Å². The highest BCUT2D eigenvalue weighted by atomic mass is 15.0. The number of hydrogen-bond acceptors (Lipinski definition) is 4. The lowest BCUT2D eigenvalue weighted by molar-refractivity contribution is 0.660. The van der Waals surface area contributed by atoms with Crippen LogP contribution in [-0.4, -0.2) is 42.8 Å². The Morgan fingerprint density at radius 1 is 0.176 bits per heavy atom. The van der Waals surface area contributed by atoms with Crippen molar-refractivity contribution in [2.75, 3.05) is 0 Å². The van der Waals surface area contributed by atoms with Crippen LogP contribution in [0.5, 0.6) is 0 Å². The zero-order chi connectivity index (χ0) is 93.3. The Labute approximate surface area is 814 Å². The molecule has 0 saturated heterocycles. The van der Waals surface area contributed by atoms with E-state index >= 15 is 0 Å². The smallest absolute Gasteiger partial charge is 0.0980 e. The Morgan fingerprint density at radius 3 is 1.13 bits per heavy atom. The van der Waals surface area contributed by atoms with Gasteiger partial charge in [0.2, 0.25) is 0 Å². The van der Waals surface area contributed by atoms with Crippen molar-refractivity contribution in [1.82, 2.24) is 42.8 Å². The molecule has 0 bridgehead atoms. The SMILES string of the molecule is CC1(C)c2ccccc2-c2c(-c3nc4ccccc4nc3-c3ccc4cc(-n5c6cc(-n7c8ccccc8c8c9ccccc9ccc87)ccc6c6cc7ccccc7cc65)ccc4c3)cccc21.c1ccc(-n2c3ccccc3c3c(-c4nc5ccccc5nc4-c4ccc5c(-n6c7cc(-n8c9ccccc9c9c%10ccccc%10ccc98)ccc7c7cc8ccccc8cc76)cccc5c4)cccc32)cc1. The minimum absolute atomic E-state index is 0.127. The minimum atomic E-state index is -0.127. The van der Waals surface area contributed by atoms with E-state index in [1.54, 1.807) is 0 Å². The first kappa shape index (κ1) is 79.5. The predicted molar refractivity (Wildman–Crippen MR) is 595 cm³/mol. The molecular formula is C133H83N9. The second-order valence-corrected chi connectivity index (χ2v) is 38.6. The lowest BCUT2D eigenvalue weighted by Crippen LogP contribution is -2.14. The maximum Gasteiger partial charge on any atom is 0.0980 e. The fourth-order valence-electron chi connectivity index (χ4n) is 24.2. The van der Waals surface area contributed by atoms with E-state index in [1.807, 2.05) is 24.3 Å². The van der Waals surface area contributed by atoms with Gasteiger partial charge in [0.25, 0.3) is 0 Å². The van der Waals surface area contributed by atoms with E-state index in [2.05, 4.69) is 480 Å². The number of para-hydroxylation sites is 8. The van der Waals surface area contributed by atoms with Gasteiger partial charge in [-0.3, -0.25) is 0 Å². The normalized spacial score (nSPS) is 12.6. The molecule has 0 spiro atoms. The van der Waals surface area contributed by atoms with Gasteiger partial charge in [-0.2, -0.15) is 0 Å². The summed E-state index contributed by atoms with van der Waals surface area (Å²) in [5, 5.41) is 26.8. The molecule has 0 saturated carbocycles. The monoisotopic (exact) mass is 1810 g/mol. The van der Waals surface area contributed by atoms with E-state index in [0.29, 0.717) is 0 Å². The van der Waals surface area contributed by atoms with E-state index in [-0.39, 0.29) is 5.41 Å². The van der Waals surface area contributed by atoms with Crippen molar-refractivity contribution in [3.8, 4) is 84.6 Å². The van der Waals surface area contributed by atoms with Gasteiger partial charge in [0.05, 0.1) is 106 Å². The first-order valence-corrected chi connectivity index (χ1v) is 48.9. The van der Waals surface area contributed by atoms with Crippen LogP contribution in [0.15, 0.2) is 467 Å². The molecule has 31 rings (SSSR count). The van der Waals surface area contributed by atoms with Crippen LogP contribution < -0.4 is 0 Å². The maximum atomic E-state index is 5.50. The van der Waals surface area contributed by atoms with Crippen LogP contribution in [0.1, 0.15) is 25.0 Å². The predicted octanol–water partition coefficient (Wildman–Crippen LogP) is 34.6. The number of hydrogen-bond donors (Lipinski definition) is 0. The summed E-state index contributed by atoms with van der Waals surface area (Å²) in [5.74, 6) is 0. The van der Waals surface area contributed by atoms with Crippen LogP contribution in [0.3, 0.4) is 0 Å². The Balaban J connectivity index is 0.000000133. The van der Waals surface area contributed by atoms with Gasteiger partial charge in [-0.05, 0) is 233 Å². The van der Waals surface area contributed by atoms with Crippen molar-refractivity contribution in [3.05, 3.63) is 478 Å². The molecule has 0 N–H and O–H groups in total. The second-order valence-electron chi connectivity index (χ2n) is 38.6. The van der Waals surface area contributed by atoms with Gasteiger partial charge in [0, 0.05) is 110 Å². The second kappa shape index (κ2) is 30.7. The highest BCUT2D eigenvalue weighted by Gasteiger charge is 2.38. The summed E-state index contributed by atoms with van der Waals surface area (Å²) in [7, 11) is 0. The number of rotatable bonds is 9. The summed E-state index contributed by atoms with van der Waals surface area (Å²) in [4.78, 5) is 21.8. The standard InChI is InChI=1S/C68H41N5.C65H42N4/c1-2-20-47(21-3-1)71-59-28-12-9-24-53(59)66-54(25-15-31-61(66)71)68-67(69-56-26-10-11-27-57(56)70-68)46-32-35-49-45(38-46)19-14-30-58(49)73-63-40-44-18-5-4-17-43(44)39-55(63)51-36-34-48(41-64(51)73)72-60-29-13-8-23-52(60)65-50-22-7-6-16-42(50)33-37-62(65)72;1-65(2)53-21-9-7-18-49(53)61-51(20-13-22-54(61)65)64-63(66-55-23-10-11-24-56(55)67-64)44-27-26-43-35-45(30-28-42(43)34-44)69-59-37-41-16-4-3-15-40(41)36-52(59)48-32-31-46(38-60(48)69)68-57-25-12-8-19-50(57)62-47-17-6-5-14-39(47)29-33-58(62)68/h1-41H;3-38H,1-2H3. The molecule has 0 unspecified atom stereocenters. The quantitative estimate of drug-likeness (QED) is 0.144. The topological polar surface area (TPSA) is 76.2 Å². The van der Waals surface area contributed by atoms with Crippen LogP contribution in [0.2, 0.25) is 0 Å². The summed E-state index contributed by atoms with van der Waals surface area (Å²) in [6.45, 7) is 4.67. The van der Waals surface area contributed by atoms with Gasteiger partial charge < -0.3 is 22.8 Å². The molecule has 0 radical (unpaired) electrons. The third-order valence-electron chi connectivity index (χ3n) is 30.6. The highest BCUT2D eigenvalue weighted by Crippen LogP contribution is 2.54. The molecule has 0 amide bonds. The van der Waals surface area contributed by atoms with Crippen molar-refractivity contribution in [1.29, 1.82) is 0 Å². The largest absolute Gasteiger partial charge is 0.309 e. The molecule has 9 nitrogen and oxygen atoms in total. The number of fused-ring (bicyclic) bond motifs is 28. The van der Waals surface area contributed by atoms with Crippen LogP contribution in [0, 0.1) is 0 Å². The van der Waals surface area contributed by atoms with Crippen molar-refractivity contribution < 1.29 is 0 Å². The molecule has 23 aromatic carbocycles. The zero-order valence-electron chi connectivity index (χ0n) is 77.5. The molecule has 142 heavy (non-hydrogen) atoms. The number of nitrogens with zero attached hydrogens (tertiary/aromatic N) is 9. The summed E-state index contributed by atoms with van der Waals surface area (Å²) >= 11 is 0. The molecule has 7 aromatic heterocycles. The van der Waals surface area contributed by atoms with Crippen molar-refractivity contribution in [2.45, 2.75) is 19.3 Å². The summed E-state index contributed by atoms with van der Waals surface area (Å²) in [6, 6.07) is 170. The molecule has 1 aliphatic carbocycles. The molecule has 0 fully saturated rings. The summed E-state index contributed by atoms with van der Waals surface area (Å²) in [5.41, 5.74) is 33.6. The van der Waals surface area contributed by atoms with Crippen molar-refractivity contribution >= 4 is 196 Å². The van der Waals surface area contributed by atoms with Crippen LogP contribution in [0.4, 0.5) is 0 Å². The van der Waals surface area contributed by atoms with Crippen molar-refractivity contribution in [2.24, 2.45) is 0 Å². The molecule has 660 valence electrons. The average Bonchev–Trinajstić information content (AvgIpc) is 1.56. The number of benzene rings is 23. The Morgan fingerprint density at radius 2 is 0.535 bits per heavy atom. The average molecular weight is 1810 g/mol. The zero-order valence-corrected chi connectivity index (χ0v) is 77.5. The Kier molecular flexibility index (Phi) is 17.2. The van der Waals surface area contributed by atoms with Gasteiger partial charge >= 0.3 is 0 Å². The lowest BCUT2D eigenvalue weighted by Gasteiger charge is -2.21. The van der Waals surface area contributed by atoms with Gasteiger partial charge in [0.1, 0.15) is 0 Å². The van der Waals surface area contributed by atoms with Crippen molar-refractivity contribution in [3.63, 3.8) is 0 Å². The maximum absolute atomic E-state index is 5.50. The summed E-state index contributed by atoms with van der Waals surface area (Å²) < 4.78 is 12.2. The van der Waals surface area contributed by atoms with Crippen LogP contribution in [-0.2, 0) is 5.41 Å². The van der Waals surface area contributed by atoms with Gasteiger partial charge in [-0.25, -0.2) is 19.9 Å². The number of aromatic nitrogens is 9. The molecule has 1 aliphatic rings. The van der Waals surface area contributed by atoms with E-state index in [4.69, 9.17) is 19.9 Å². The van der Waals surface area contributed by atoms with E-state index < -0.39 is 0 Å². The highest BCUT2D eigenvalue weighted by molar-refractivity contribution is 6.25. The molecule has 9 heteroatoms. The van der Waals surface area contributed by atoms with Gasteiger partial charge in [0.15, 0.2) is 0 Å². The van der Waals surface area contributed by atoms with Crippen LogP contribution in [0.25, 0.3) is 280 Å². The van der Waals surface area contributed by atoms with Gasteiger partial charge in [-0.1, -0.05) is 329 Å². The molecular weight excluding hydrogens is 1720 g/mol. The Bertz CT molecular complexity index is 10700. The summed E-state index contributed by atoms with van der Waals surface area (Å²) in [6.07, 6.45) is 0. The minimum Gasteiger partial charge on any atom is -0.309 e. The Hall–Kier alpha value is -18.7. The first-order valence-electron chi connectivity index (χ1n) is 48.9. The molecule has 7 heterocycles. The molecule has 0 aliphatic heterocycles. The van der Waals surface area contributed by atoms with E-state index in [1.165, 1.54) is 147 Å². The third-order valence-corrected chi connectivity index (χ3v) is 30.6. The fraction of sp³-hybridized carbons (Fsp3) is 0.0226. The first-order chi connectivity index (χ1) is 70.2. The van der Waals surface area contributed by atoms with Gasteiger partial charge in [-0.15, -0.1) is 0 Å². The van der Waals surface area contributed by atoms with Crippen LogP contribution >= 0.6 is 0 Å². The lowest BCUT2D eigenvalue weighted by atomic mass is 9.82. The third kappa shape index (κ3) is 11.9.